The van der Waals surface area contributed by atoms with Gasteiger partial charge in [0.05, 0.1) is 6.54 Å². The summed E-state index contributed by atoms with van der Waals surface area (Å²) < 4.78 is 0. The smallest absolute Gasteiger partial charge is 0.325 e. The highest BCUT2D eigenvalue weighted by molar-refractivity contribution is 6.09. The van der Waals surface area contributed by atoms with Gasteiger partial charge in [-0.3, -0.25) is 24.2 Å². The van der Waals surface area contributed by atoms with E-state index < -0.39 is 11.6 Å². The number of nitrogens with one attached hydrogen (secondary N) is 1. The van der Waals surface area contributed by atoms with E-state index in [9.17, 15) is 19.2 Å². The summed E-state index contributed by atoms with van der Waals surface area (Å²) in [4.78, 5) is 57.8. The molecule has 3 fully saturated rings. The van der Waals surface area contributed by atoms with Crippen molar-refractivity contribution in [2.75, 3.05) is 52.4 Å². The molecule has 32 heavy (non-hydrogen) atoms. The molecule has 2 saturated heterocycles. The van der Waals surface area contributed by atoms with Crippen molar-refractivity contribution in [3.63, 3.8) is 0 Å². The van der Waals surface area contributed by atoms with Crippen molar-refractivity contribution >= 4 is 23.8 Å². The van der Waals surface area contributed by atoms with E-state index in [1.807, 2.05) is 13.8 Å². The lowest BCUT2D eigenvalue weighted by Crippen LogP contribution is -2.55. The molecule has 1 saturated carbocycles. The Bertz CT molecular complexity index is 757. The lowest BCUT2D eigenvalue weighted by Gasteiger charge is -2.43. The maximum atomic E-state index is 13.3. The molecule has 3 rings (SSSR count). The van der Waals surface area contributed by atoms with Crippen LogP contribution in [0.5, 0.6) is 0 Å². The number of likely N-dealkylation sites (N-methyl/N-ethyl adjacent to an activating group) is 1. The molecule has 9 nitrogen and oxygen atoms in total. The van der Waals surface area contributed by atoms with Gasteiger partial charge in [-0.15, -0.1) is 0 Å². The van der Waals surface area contributed by atoms with Crippen LogP contribution in [-0.4, -0.2) is 101 Å². The molecule has 0 bridgehead atoms. The number of piperazine rings is 1. The molecule has 5 amide bonds. The fraction of sp³-hybridized carbons (Fsp3) is 0.826. The van der Waals surface area contributed by atoms with Gasteiger partial charge in [-0.2, -0.15) is 0 Å². The Morgan fingerprint density at radius 1 is 1.03 bits per heavy atom. The van der Waals surface area contributed by atoms with Gasteiger partial charge in [0, 0.05) is 39.3 Å². The highest BCUT2D eigenvalue weighted by Gasteiger charge is 2.56. The summed E-state index contributed by atoms with van der Waals surface area (Å²) in [5, 5.41) is 2.93. The van der Waals surface area contributed by atoms with Crippen LogP contribution in [0.3, 0.4) is 0 Å². The topological polar surface area (TPSA) is 93.3 Å². The van der Waals surface area contributed by atoms with E-state index in [-0.39, 0.29) is 29.7 Å². The Morgan fingerprint density at radius 2 is 1.66 bits per heavy atom. The predicted octanol–water partition coefficient (Wildman–Crippen LogP) is 1.14. The molecule has 0 aromatic carbocycles. The maximum Gasteiger partial charge on any atom is 0.325 e. The van der Waals surface area contributed by atoms with Gasteiger partial charge in [0.15, 0.2) is 0 Å². The van der Waals surface area contributed by atoms with Crippen LogP contribution in [0.2, 0.25) is 0 Å². The summed E-state index contributed by atoms with van der Waals surface area (Å²) >= 11 is 0. The Hall–Kier alpha value is -2.16. The number of amides is 5. The second-order valence-corrected chi connectivity index (χ2v) is 10.5. The summed E-state index contributed by atoms with van der Waals surface area (Å²) in [7, 11) is 0. The first-order valence-electron chi connectivity index (χ1n) is 11.9. The van der Waals surface area contributed by atoms with Crippen molar-refractivity contribution in [3.05, 3.63) is 0 Å². The molecule has 2 aliphatic heterocycles. The third-order valence-corrected chi connectivity index (χ3v) is 7.12. The molecule has 2 unspecified atom stereocenters. The minimum absolute atomic E-state index is 0.0421. The van der Waals surface area contributed by atoms with Gasteiger partial charge >= 0.3 is 6.03 Å². The summed E-state index contributed by atoms with van der Waals surface area (Å²) in [5.41, 5.74) is -0.929. The number of imide groups is 1. The fourth-order valence-corrected chi connectivity index (χ4v) is 5.91. The Labute approximate surface area is 191 Å². The van der Waals surface area contributed by atoms with Gasteiger partial charge in [-0.25, -0.2) is 4.79 Å². The highest BCUT2D eigenvalue weighted by atomic mass is 16.2. The standard InChI is InChI=1S/C23H39N5O4/c1-6-26(7-2)18(29)14-25-8-10-27(11-9-25)19(30)15-28-20(31)23(24-21(28)32)13-17(3)12-22(4,5)16-23/h17H,6-16H2,1-5H3,(H,24,32). The number of urea groups is 1. The second kappa shape index (κ2) is 9.37. The van der Waals surface area contributed by atoms with E-state index in [0.29, 0.717) is 64.6 Å². The van der Waals surface area contributed by atoms with Gasteiger partial charge in [0.1, 0.15) is 12.1 Å². The van der Waals surface area contributed by atoms with E-state index in [1.165, 1.54) is 0 Å². The van der Waals surface area contributed by atoms with E-state index >= 15 is 0 Å². The highest BCUT2D eigenvalue weighted by Crippen LogP contribution is 2.46. The molecule has 2 atom stereocenters. The lowest BCUT2D eigenvalue weighted by molar-refractivity contribution is -0.142. The molecule has 0 aromatic heterocycles. The van der Waals surface area contributed by atoms with E-state index in [2.05, 4.69) is 31.0 Å². The third kappa shape index (κ3) is 5.08. The number of nitrogens with zero attached hydrogens (tertiary/aromatic N) is 4. The first kappa shape index (κ1) is 24.5. The average molecular weight is 450 g/mol. The van der Waals surface area contributed by atoms with Gasteiger partial charge in [0.2, 0.25) is 11.8 Å². The number of carbonyl (C=O) groups excluding carboxylic acids is 4. The van der Waals surface area contributed by atoms with Gasteiger partial charge < -0.3 is 15.1 Å². The largest absolute Gasteiger partial charge is 0.342 e. The van der Waals surface area contributed by atoms with Crippen molar-refractivity contribution in [3.8, 4) is 0 Å². The van der Waals surface area contributed by atoms with E-state index in [1.54, 1.807) is 9.80 Å². The van der Waals surface area contributed by atoms with Gasteiger partial charge in [0.25, 0.3) is 5.91 Å². The van der Waals surface area contributed by atoms with Crippen LogP contribution in [0.1, 0.15) is 53.9 Å². The molecule has 2 heterocycles. The zero-order valence-corrected chi connectivity index (χ0v) is 20.3. The monoisotopic (exact) mass is 449 g/mol. The van der Waals surface area contributed by atoms with Crippen LogP contribution in [0.25, 0.3) is 0 Å². The average Bonchev–Trinajstić information content (AvgIpc) is 2.91. The minimum Gasteiger partial charge on any atom is -0.342 e. The van der Waals surface area contributed by atoms with Crippen LogP contribution >= 0.6 is 0 Å². The summed E-state index contributed by atoms with van der Waals surface area (Å²) in [6.45, 7) is 14.0. The normalized spacial score (nSPS) is 28.2. The zero-order valence-electron chi connectivity index (χ0n) is 20.3. The van der Waals surface area contributed by atoms with Crippen LogP contribution in [0.4, 0.5) is 4.79 Å². The fourth-order valence-electron chi connectivity index (χ4n) is 5.91. The molecule has 0 radical (unpaired) electrons. The minimum atomic E-state index is -0.887. The summed E-state index contributed by atoms with van der Waals surface area (Å²) in [6, 6.07) is -0.461. The van der Waals surface area contributed by atoms with Crippen molar-refractivity contribution < 1.29 is 19.2 Å². The first-order chi connectivity index (χ1) is 15.0. The predicted molar refractivity (Wildman–Crippen MR) is 121 cm³/mol. The molecule has 180 valence electrons. The van der Waals surface area contributed by atoms with Crippen molar-refractivity contribution in [1.82, 2.24) is 24.9 Å². The molecule has 1 N–H and O–H groups in total. The number of hydrogen-bond donors (Lipinski definition) is 1. The molecule has 1 spiro atoms. The molecular weight excluding hydrogens is 410 g/mol. The van der Waals surface area contributed by atoms with Crippen LogP contribution < -0.4 is 5.32 Å². The van der Waals surface area contributed by atoms with Crippen molar-refractivity contribution in [2.24, 2.45) is 11.3 Å². The molecule has 1 aliphatic carbocycles. The van der Waals surface area contributed by atoms with E-state index in [0.717, 1.165) is 11.3 Å². The molecule has 9 heteroatoms. The molecule has 0 aromatic rings. The summed E-state index contributed by atoms with van der Waals surface area (Å²) in [5.74, 6) is -0.0582. The number of hydrogen-bond acceptors (Lipinski definition) is 5. The Balaban J connectivity index is 1.55. The molecular formula is C23H39N5O4. The summed E-state index contributed by atoms with van der Waals surface area (Å²) in [6.07, 6.45) is 2.22. The number of carbonyl (C=O) groups is 4. The quantitative estimate of drug-likeness (QED) is 0.614. The Morgan fingerprint density at radius 3 is 2.22 bits per heavy atom. The maximum absolute atomic E-state index is 13.3. The van der Waals surface area contributed by atoms with Crippen LogP contribution in [0.15, 0.2) is 0 Å². The second-order valence-electron chi connectivity index (χ2n) is 10.5. The zero-order chi connectivity index (χ0) is 23.7. The molecule has 3 aliphatic rings. The van der Waals surface area contributed by atoms with Crippen LogP contribution in [-0.2, 0) is 14.4 Å². The SMILES string of the molecule is CCN(CC)C(=O)CN1CCN(C(=O)CN2C(=O)NC3(CC(C)CC(C)(C)C3)C2=O)CC1. The number of rotatable bonds is 6. The van der Waals surface area contributed by atoms with Gasteiger partial charge in [-0.1, -0.05) is 20.8 Å². The van der Waals surface area contributed by atoms with Crippen LogP contribution in [0, 0.1) is 11.3 Å². The Kier molecular flexibility index (Phi) is 7.17. The van der Waals surface area contributed by atoms with Crippen molar-refractivity contribution in [1.29, 1.82) is 0 Å². The van der Waals surface area contributed by atoms with Crippen molar-refractivity contribution in [2.45, 2.75) is 59.4 Å². The van der Waals surface area contributed by atoms with E-state index in [4.69, 9.17) is 0 Å². The van der Waals surface area contributed by atoms with Gasteiger partial charge in [-0.05, 0) is 44.4 Å². The lowest BCUT2D eigenvalue weighted by atomic mass is 9.64. The first-order valence-corrected chi connectivity index (χ1v) is 11.9. The third-order valence-electron chi connectivity index (χ3n) is 7.12.